The maximum atomic E-state index is 12.9. The molecule has 5 heteroatoms. The van der Waals surface area contributed by atoms with E-state index in [0.717, 1.165) is 5.56 Å². The van der Waals surface area contributed by atoms with Crippen molar-refractivity contribution in [3.05, 3.63) is 35.4 Å². The molecule has 5 nitrogen and oxygen atoms in total. The van der Waals surface area contributed by atoms with Crippen molar-refractivity contribution in [2.24, 2.45) is 11.7 Å². The van der Waals surface area contributed by atoms with Crippen LogP contribution in [0.3, 0.4) is 0 Å². The van der Waals surface area contributed by atoms with Gasteiger partial charge in [-0.15, -0.1) is 0 Å². The Kier molecular flexibility index (Phi) is 4.56. The van der Waals surface area contributed by atoms with Crippen molar-refractivity contribution in [3.63, 3.8) is 0 Å². The lowest BCUT2D eigenvalue weighted by Gasteiger charge is -2.35. The third kappa shape index (κ3) is 3.47. The fourth-order valence-corrected chi connectivity index (χ4v) is 2.98. The highest BCUT2D eigenvalue weighted by molar-refractivity contribution is 5.96. The molecule has 1 aliphatic rings. The third-order valence-corrected chi connectivity index (χ3v) is 4.08. The number of hydrogen-bond donors (Lipinski definition) is 2. The first-order valence-corrected chi connectivity index (χ1v) is 7.57. The topological polar surface area (TPSA) is 83.6 Å². The molecule has 1 aromatic rings. The van der Waals surface area contributed by atoms with Crippen LogP contribution in [0.2, 0.25) is 0 Å². The van der Waals surface area contributed by atoms with Crippen LogP contribution in [0, 0.1) is 5.92 Å². The zero-order valence-corrected chi connectivity index (χ0v) is 13.4. The van der Waals surface area contributed by atoms with Crippen molar-refractivity contribution in [1.29, 1.82) is 0 Å². The maximum absolute atomic E-state index is 12.9. The van der Waals surface area contributed by atoms with Crippen LogP contribution in [0.1, 0.15) is 43.1 Å². The minimum absolute atomic E-state index is 0.132. The van der Waals surface area contributed by atoms with Crippen molar-refractivity contribution in [2.75, 3.05) is 13.1 Å². The first-order chi connectivity index (χ1) is 10.2. The van der Waals surface area contributed by atoms with Crippen LogP contribution in [-0.4, -0.2) is 41.0 Å². The second-order valence-corrected chi connectivity index (χ2v) is 7.04. The van der Waals surface area contributed by atoms with E-state index in [4.69, 9.17) is 5.73 Å². The summed E-state index contributed by atoms with van der Waals surface area (Å²) < 4.78 is 0. The average Bonchev–Trinajstić information content (AvgIpc) is 2.45. The van der Waals surface area contributed by atoms with Gasteiger partial charge in [0.15, 0.2) is 0 Å². The van der Waals surface area contributed by atoms with E-state index >= 15 is 0 Å². The fourth-order valence-electron chi connectivity index (χ4n) is 2.98. The molecule has 0 aliphatic carbocycles. The van der Waals surface area contributed by atoms with Crippen molar-refractivity contribution in [2.45, 2.75) is 38.6 Å². The number of piperidine rings is 1. The Bertz CT molecular complexity index is 578. The lowest BCUT2D eigenvalue weighted by atomic mass is 9.83. The van der Waals surface area contributed by atoms with Crippen molar-refractivity contribution in [3.8, 4) is 0 Å². The number of carboxylic acids is 1. The summed E-state index contributed by atoms with van der Waals surface area (Å²) in [6.07, 6.45) is 0.417. The zero-order valence-electron chi connectivity index (χ0n) is 13.4. The predicted octanol–water partition coefficient (Wildman–Crippen LogP) is 1.86. The largest absolute Gasteiger partial charge is 0.481 e. The van der Waals surface area contributed by atoms with Gasteiger partial charge in [0.2, 0.25) is 0 Å². The normalized spacial score (nSPS) is 22.5. The zero-order chi connectivity index (χ0) is 16.5. The van der Waals surface area contributed by atoms with Gasteiger partial charge in [0, 0.05) is 24.7 Å². The van der Waals surface area contributed by atoms with Crippen LogP contribution in [0.25, 0.3) is 0 Å². The van der Waals surface area contributed by atoms with E-state index in [1.165, 1.54) is 0 Å². The molecule has 0 saturated carbocycles. The summed E-state index contributed by atoms with van der Waals surface area (Å²) in [5.74, 6) is -1.61. The molecule has 1 amide bonds. The standard InChI is InChI=1S/C17H24N2O3/c1-17(2,3)14-7-5-4-6-13(14)15(20)19-9-11(16(21)22)8-12(18)10-19/h4-7,11-12H,8-10,18H2,1-3H3,(H,21,22). The smallest absolute Gasteiger partial charge is 0.308 e. The number of benzene rings is 1. The van der Waals surface area contributed by atoms with Gasteiger partial charge in [0.25, 0.3) is 5.91 Å². The van der Waals surface area contributed by atoms with Gasteiger partial charge in [-0.25, -0.2) is 0 Å². The molecule has 1 heterocycles. The van der Waals surface area contributed by atoms with Gasteiger partial charge in [-0.3, -0.25) is 9.59 Å². The SMILES string of the molecule is CC(C)(C)c1ccccc1C(=O)N1CC(N)CC(C(=O)O)C1. The molecular formula is C17H24N2O3. The number of aliphatic carboxylic acids is 1. The molecule has 0 bridgehead atoms. The van der Waals surface area contributed by atoms with Gasteiger partial charge in [-0.05, 0) is 23.5 Å². The molecule has 2 rings (SSSR count). The van der Waals surface area contributed by atoms with Gasteiger partial charge >= 0.3 is 5.97 Å². The lowest BCUT2D eigenvalue weighted by Crippen LogP contribution is -2.51. The summed E-state index contributed by atoms with van der Waals surface area (Å²) in [7, 11) is 0. The van der Waals surface area contributed by atoms with E-state index in [-0.39, 0.29) is 23.9 Å². The number of carbonyl (C=O) groups excluding carboxylic acids is 1. The van der Waals surface area contributed by atoms with E-state index in [1.54, 1.807) is 11.0 Å². The molecule has 1 saturated heterocycles. The number of rotatable bonds is 2. The number of hydrogen-bond acceptors (Lipinski definition) is 3. The molecule has 0 aromatic heterocycles. The molecule has 120 valence electrons. The first-order valence-electron chi connectivity index (χ1n) is 7.57. The molecule has 22 heavy (non-hydrogen) atoms. The third-order valence-electron chi connectivity index (χ3n) is 4.08. The van der Waals surface area contributed by atoms with E-state index in [2.05, 4.69) is 20.8 Å². The first kappa shape index (κ1) is 16.5. The van der Waals surface area contributed by atoms with Crippen molar-refractivity contribution in [1.82, 2.24) is 4.90 Å². The Morgan fingerprint density at radius 3 is 2.45 bits per heavy atom. The monoisotopic (exact) mass is 304 g/mol. The highest BCUT2D eigenvalue weighted by Gasteiger charge is 2.34. The molecule has 1 fully saturated rings. The highest BCUT2D eigenvalue weighted by Crippen LogP contribution is 2.28. The van der Waals surface area contributed by atoms with Gasteiger partial charge in [-0.1, -0.05) is 39.0 Å². The van der Waals surface area contributed by atoms with Crippen molar-refractivity contribution < 1.29 is 14.7 Å². The molecule has 2 unspecified atom stereocenters. The maximum Gasteiger partial charge on any atom is 0.308 e. The van der Waals surface area contributed by atoms with Gasteiger partial charge in [0.1, 0.15) is 0 Å². The van der Waals surface area contributed by atoms with Crippen LogP contribution >= 0.6 is 0 Å². The van der Waals surface area contributed by atoms with Crippen LogP contribution < -0.4 is 5.73 Å². The molecule has 1 aromatic carbocycles. The summed E-state index contributed by atoms with van der Waals surface area (Å²) in [5, 5.41) is 9.22. The van der Waals surface area contributed by atoms with Crippen LogP contribution in [-0.2, 0) is 10.2 Å². The van der Waals surface area contributed by atoms with Gasteiger partial charge in [0.05, 0.1) is 5.92 Å². The molecule has 0 spiro atoms. The highest BCUT2D eigenvalue weighted by atomic mass is 16.4. The lowest BCUT2D eigenvalue weighted by molar-refractivity contribution is -0.143. The minimum atomic E-state index is -0.892. The predicted molar refractivity (Wildman–Crippen MR) is 84.8 cm³/mol. The number of carboxylic acid groups (broad SMARTS) is 1. The Balaban J connectivity index is 2.30. The second kappa shape index (κ2) is 6.08. The number of nitrogens with zero attached hydrogens (tertiary/aromatic N) is 1. The molecule has 2 atom stereocenters. The summed E-state index contributed by atoms with van der Waals surface area (Å²) in [4.78, 5) is 25.7. The van der Waals surface area contributed by atoms with E-state index in [9.17, 15) is 14.7 Å². The molecule has 1 aliphatic heterocycles. The summed E-state index contributed by atoms with van der Waals surface area (Å²) in [6, 6.07) is 7.21. The Morgan fingerprint density at radius 2 is 1.86 bits per heavy atom. The quantitative estimate of drug-likeness (QED) is 0.873. The van der Waals surface area contributed by atoms with Crippen LogP contribution in [0.15, 0.2) is 24.3 Å². The average molecular weight is 304 g/mol. The number of likely N-dealkylation sites (tertiary alicyclic amines) is 1. The Morgan fingerprint density at radius 1 is 1.23 bits per heavy atom. The minimum Gasteiger partial charge on any atom is -0.481 e. The summed E-state index contributed by atoms with van der Waals surface area (Å²) in [5.41, 5.74) is 7.38. The van der Waals surface area contributed by atoms with E-state index in [1.807, 2.05) is 18.2 Å². The number of carbonyl (C=O) groups is 2. The molecular weight excluding hydrogens is 280 g/mol. The van der Waals surface area contributed by atoms with Crippen LogP contribution in [0.4, 0.5) is 0 Å². The number of nitrogens with two attached hydrogens (primary N) is 1. The van der Waals surface area contributed by atoms with Crippen LogP contribution in [0.5, 0.6) is 0 Å². The fraction of sp³-hybridized carbons (Fsp3) is 0.529. The van der Waals surface area contributed by atoms with Gasteiger partial charge < -0.3 is 15.7 Å². The Hall–Kier alpha value is -1.88. The second-order valence-electron chi connectivity index (χ2n) is 7.04. The van der Waals surface area contributed by atoms with E-state index in [0.29, 0.717) is 18.5 Å². The van der Waals surface area contributed by atoms with Gasteiger partial charge in [-0.2, -0.15) is 0 Å². The summed E-state index contributed by atoms with van der Waals surface area (Å²) in [6.45, 7) is 6.80. The van der Waals surface area contributed by atoms with Crippen molar-refractivity contribution >= 4 is 11.9 Å². The molecule has 3 N–H and O–H groups in total. The summed E-state index contributed by atoms with van der Waals surface area (Å²) >= 11 is 0. The Labute approximate surface area is 131 Å². The number of amides is 1. The van der Waals surface area contributed by atoms with E-state index < -0.39 is 11.9 Å². The molecule has 0 radical (unpaired) electrons.